The van der Waals surface area contributed by atoms with Crippen molar-refractivity contribution in [2.24, 2.45) is 0 Å². The molecular weight excluding hydrogens is 254 g/mol. The van der Waals surface area contributed by atoms with E-state index in [0.717, 1.165) is 17.0 Å². The Morgan fingerprint density at radius 2 is 2.00 bits per heavy atom. The average molecular weight is 269 g/mol. The van der Waals surface area contributed by atoms with E-state index in [1.807, 2.05) is 43.4 Å². The van der Waals surface area contributed by atoms with E-state index in [2.05, 4.69) is 10.4 Å². The molecule has 0 amide bonds. The summed E-state index contributed by atoms with van der Waals surface area (Å²) >= 11 is 0. The molecule has 0 unspecified atom stereocenters. The Morgan fingerprint density at radius 1 is 1.20 bits per heavy atom. The van der Waals surface area contributed by atoms with Crippen molar-refractivity contribution in [1.29, 1.82) is 0 Å². The van der Waals surface area contributed by atoms with Crippen molar-refractivity contribution in [3.63, 3.8) is 0 Å². The Balaban J connectivity index is 1.98. The number of furan rings is 1. The summed E-state index contributed by atoms with van der Waals surface area (Å²) in [5.74, 6) is 1.70. The van der Waals surface area contributed by atoms with Gasteiger partial charge in [-0.15, -0.1) is 0 Å². The molecule has 2 aromatic heterocycles. The van der Waals surface area contributed by atoms with Crippen LogP contribution in [-0.4, -0.2) is 16.8 Å². The molecule has 102 valence electrons. The summed E-state index contributed by atoms with van der Waals surface area (Å²) in [5.41, 5.74) is 0.749. The van der Waals surface area contributed by atoms with Gasteiger partial charge in [-0.1, -0.05) is 12.1 Å². The van der Waals surface area contributed by atoms with Crippen LogP contribution in [0.1, 0.15) is 11.5 Å². The lowest BCUT2D eigenvalue weighted by Crippen LogP contribution is -2.12. The first-order chi connectivity index (χ1) is 9.78. The van der Waals surface area contributed by atoms with Gasteiger partial charge in [-0.2, -0.15) is 5.10 Å². The number of hydrogen-bond donors (Lipinski definition) is 1. The molecule has 3 aromatic rings. The molecule has 1 aromatic carbocycles. The predicted molar refractivity (Wildman–Crippen MR) is 76.6 cm³/mol. The van der Waals surface area contributed by atoms with Crippen LogP contribution in [0, 0.1) is 0 Å². The lowest BCUT2D eigenvalue weighted by atomic mass is 10.2. The molecule has 0 atom stereocenters. The van der Waals surface area contributed by atoms with Crippen LogP contribution < -0.4 is 10.7 Å². The molecule has 1 N–H and O–H groups in total. The van der Waals surface area contributed by atoms with Gasteiger partial charge >= 0.3 is 0 Å². The molecule has 0 aliphatic rings. The van der Waals surface area contributed by atoms with Crippen LogP contribution in [0.2, 0.25) is 0 Å². The Kier molecular flexibility index (Phi) is 3.35. The molecule has 0 spiro atoms. The summed E-state index contributed by atoms with van der Waals surface area (Å²) in [5, 5.41) is 7.90. The minimum atomic E-state index is -0.0628. The highest BCUT2D eigenvalue weighted by Crippen LogP contribution is 2.13. The molecule has 5 nitrogen and oxygen atoms in total. The summed E-state index contributed by atoms with van der Waals surface area (Å²) in [6.07, 6.45) is 1.35. The van der Waals surface area contributed by atoms with Crippen LogP contribution >= 0.6 is 0 Å². The van der Waals surface area contributed by atoms with Crippen LogP contribution in [0.15, 0.2) is 51.8 Å². The predicted octanol–water partition coefficient (Wildman–Crippen LogP) is 1.76. The molecule has 0 saturated carbocycles. The number of aromatic nitrogens is 2. The van der Waals surface area contributed by atoms with Crippen molar-refractivity contribution in [2.75, 3.05) is 7.05 Å². The SMILES string of the molecule is CNCc1ccc(Cn2ncc(=O)c3ccccc32)o1. The third-order valence-electron chi connectivity index (χ3n) is 3.14. The van der Waals surface area contributed by atoms with Gasteiger partial charge in [-0.3, -0.25) is 9.48 Å². The second-order valence-electron chi connectivity index (χ2n) is 4.58. The molecule has 20 heavy (non-hydrogen) atoms. The lowest BCUT2D eigenvalue weighted by Gasteiger charge is -2.07. The molecule has 0 bridgehead atoms. The molecule has 0 fully saturated rings. The number of nitrogens with one attached hydrogen (secondary N) is 1. The van der Waals surface area contributed by atoms with Gasteiger partial charge in [0.1, 0.15) is 11.5 Å². The second kappa shape index (κ2) is 5.30. The monoisotopic (exact) mass is 269 g/mol. The van der Waals surface area contributed by atoms with Crippen molar-refractivity contribution in [2.45, 2.75) is 13.1 Å². The van der Waals surface area contributed by atoms with Crippen molar-refractivity contribution >= 4 is 10.9 Å². The Bertz CT molecular complexity index is 789. The Labute approximate surface area is 115 Å². The molecule has 0 radical (unpaired) electrons. The van der Waals surface area contributed by atoms with E-state index >= 15 is 0 Å². The summed E-state index contributed by atoms with van der Waals surface area (Å²) < 4.78 is 7.48. The minimum Gasteiger partial charge on any atom is -0.463 e. The van der Waals surface area contributed by atoms with E-state index in [1.165, 1.54) is 6.20 Å². The number of hydrogen-bond acceptors (Lipinski definition) is 4. The summed E-state index contributed by atoms with van der Waals surface area (Å²) in [4.78, 5) is 11.8. The molecule has 0 aliphatic heterocycles. The minimum absolute atomic E-state index is 0.0628. The molecule has 5 heteroatoms. The normalized spacial score (nSPS) is 11.1. The topological polar surface area (TPSA) is 60.1 Å². The standard InChI is InChI=1S/C15H15N3O2/c1-16-8-11-6-7-12(20-11)10-18-14-5-3-2-4-13(14)15(19)9-17-18/h2-7,9,16H,8,10H2,1H3. The number of para-hydroxylation sites is 1. The van der Waals surface area contributed by atoms with Gasteiger partial charge in [0.15, 0.2) is 0 Å². The molecular formula is C15H15N3O2. The number of benzene rings is 1. The van der Waals surface area contributed by atoms with E-state index in [4.69, 9.17) is 4.42 Å². The van der Waals surface area contributed by atoms with Gasteiger partial charge in [0.25, 0.3) is 0 Å². The van der Waals surface area contributed by atoms with E-state index in [1.54, 1.807) is 4.68 Å². The van der Waals surface area contributed by atoms with Gasteiger partial charge in [0.2, 0.25) is 5.43 Å². The van der Waals surface area contributed by atoms with Gasteiger partial charge in [0, 0.05) is 5.39 Å². The molecule has 0 aliphatic carbocycles. The average Bonchev–Trinajstić information content (AvgIpc) is 2.90. The highest BCUT2D eigenvalue weighted by Gasteiger charge is 2.06. The van der Waals surface area contributed by atoms with Crippen LogP contribution in [-0.2, 0) is 13.1 Å². The fourth-order valence-electron chi connectivity index (χ4n) is 2.21. The maximum Gasteiger partial charge on any atom is 0.207 e. The fraction of sp³-hybridized carbons (Fsp3) is 0.200. The first-order valence-corrected chi connectivity index (χ1v) is 6.45. The number of nitrogens with zero attached hydrogens (tertiary/aromatic N) is 2. The highest BCUT2D eigenvalue weighted by molar-refractivity contribution is 5.77. The second-order valence-corrected chi connectivity index (χ2v) is 4.58. The number of fused-ring (bicyclic) bond motifs is 1. The summed E-state index contributed by atoms with van der Waals surface area (Å²) in [6, 6.07) is 11.3. The van der Waals surface area contributed by atoms with Crippen LogP contribution in [0.3, 0.4) is 0 Å². The summed E-state index contributed by atoms with van der Waals surface area (Å²) in [7, 11) is 1.87. The van der Waals surface area contributed by atoms with Crippen molar-refractivity contribution in [1.82, 2.24) is 15.1 Å². The highest BCUT2D eigenvalue weighted by atomic mass is 16.3. The van der Waals surface area contributed by atoms with Crippen LogP contribution in [0.4, 0.5) is 0 Å². The molecule has 3 rings (SSSR count). The van der Waals surface area contributed by atoms with Gasteiger partial charge < -0.3 is 9.73 Å². The molecule has 2 heterocycles. The fourth-order valence-corrected chi connectivity index (χ4v) is 2.21. The lowest BCUT2D eigenvalue weighted by molar-refractivity contribution is 0.438. The van der Waals surface area contributed by atoms with Gasteiger partial charge in [-0.05, 0) is 31.3 Å². The quantitative estimate of drug-likeness (QED) is 0.784. The van der Waals surface area contributed by atoms with Crippen molar-refractivity contribution in [3.05, 3.63) is 64.3 Å². The maximum absolute atomic E-state index is 11.8. The van der Waals surface area contributed by atoms with E-state index in [9.17, 15) is 4.79 Å². The van der Waals surface area contributed by atoms with E-state index in [-0.39, 0.29) is 5.43 Å². The first-order valence-electron chi connectivity index (χ1n) is 6.45. The largest absolute Gasteiger partial charge is 0.463 e. The van der Waals surface area contributed by atoms with Crippen LogP contribution in [0.25, 0.3) is 10.9 Å². The number of rotatable bonds is 4. The van der Waals surface area contributed by atoms with Crippen molar-refractivity contribution in [3.8, 4) is 0 Å². The zero-order chi connectivity index (χ0) is 13.9. The van der Waals surface area contributed by atoms with Gasteiger partial charge in [0.05, 0.1) is 24.8 Å². The first kappa shape index (κ1) is 12.6. The zero-order valence-corrected chi connectivity index (χ0v) is 11.2. The van der Waals surface area contributed by atoms with E-state index < -0.39 is 0 Å². The molecule has 0 saturated heterocycles. The maximum atomic E-state index is 11.8. The summed E-state index contributed by atoms with van der Waals surface area (Å²) in [6.45, 7) is 1.20. The van der Waals surface area contributed by atoms with Crippen LogP contribution in [0.5, 0.6) is 0 Å². The smallest absolute Gasteiger partial charge is 0.207 e. The Morgan fingerprint density at radius 3 is 2.85 bits per heavy atom. The third-order valence-corrected chi connectivity index (χ3v) is 3.14. The zero-order valence-electron chi connectivity index (χ0n) is 11.2. The van der Waals surface area contributed by atoms with Crippen molar-refractivity contribution < 1.29 is 4.42 Å². The van der Waals surface area contributed by atoms with E-state index in [0.29, 0.717) is 18.5 Å². The Hall–Kier alpha value is -2.40. The third kappa shape index (κ3) is 2.35. The van der Waals surface area contributed by atoms with Gasteiger partial charge in [-0.25, -0.2) is 0 Å².